The zero-order valence-electron chi connectivity index (χ0n) is 30.0. The first-order chi connectivity index (χ1) is 25.5. The maximum absolute atomic E-state index is 12.6. The van der Waals surface area contributed by atoms with E-state index in [4.69, 9.17) is 9.47 Å². The molecule has 4 heterocycles. The molecular weight excluding hydrogens is 726 g/mol. The second-order valence-corrected chi connectivity index (χ2v) is 13.4. The Morgan fingerprint density at radius 3 is 1.26 bits per heavy atom. The molecule has 0 unspecified atom stereocenters. The van der Waals surface area contributed by atoms with Crippen LogP contribution in [0.2, 0.25) is 0 Å². The van der Waals surface area contributed by atoms with Crippen molar-refractivity contribution in [2.24, 2.45) is 0 Å². The van der Waals surface area contributed by atoms with Crippen LogP contribution in [0.15, 0.2) is 57.6 Å². The van der Waals surface area contributed by atoms with E-state index >= 15 is 0 Å². The molecule has 292 valence electrons. The van der Waals surface area contributed by atoms with E-state index in [9.17, 15) is 35.9 Å². The Hall–Kier alpha value is -4.84. The molecule has 0 spiro atoms. The van der Waals surface area contributed by atoms with Crippen LogP contribution in [0, 0.1) is 0 Å². The van der Waals surface area contributed by atoms with Crippen LogP contribution in [0.4, 0.5) is 26.3 Å². The van der Waals surface area contributed by atoms with Gasteiger partial charge >= 0.3 is 24.1 Å². The fourth-order valence-electron chi connectivity index (χ4n) is 5.77. The average molecular weight is 767 g/mol. The lowest BCUT2D eigenvalue weighted by molar-refractivity contribution is -0.160. The molecule has 54 heavy (non-hydrogen) atoms. The smallest absolute Gasteiger partial charge is 0.368 e. The summed E-state index contributed by atoms with van der Waals surface area (Å²) in [6, 6.07) is 13.3. The number of benzene rings is 2. The van der Waals surface area contributed by atoms with Crippen molar-refractivity contribution in [3.63, 3.8) is 0 Å². The lowest BCUT2D eigenvalue weighted by Crippen LogP contribution is -2.42. The van der Waals surface area contributed by atoms with E-state index in [1.165, 1.54) is 0 Å². The van der Waals surface area contributed by atoms with Crippen molar-refractivity contribution in [2.75, 3.05) is 13.2 Å². The van der Waals surface area contributed by atoms with E-state index < -0.39 is 36.3 Å². The Labute approximate surface area is 306 Å². The predicted octanol–water partition coefficient (Wildman–Crippen LogP) is 7.34. The number of hydrogen-bond donors (Lipinski definition) is 0. The summed E-state index contributed by atoms with van der Waals surface area (Å²) in [5.41, 5.74) is 2.50. The fourth-order valence-corrected chi connectivity index (χ4v) is 5.77. The summed E-state index contributed by atoms with van der Waals surface area (Å²) < 4.78 is 94.8. The number of carbonyl (C=O) groups excluding carboxylic acids is 2. The van der Waals surface area contributed by atoms with Crippen molar-refractivity contribution in [2.45, 2.75) is 103 Å². The van der Waals surface area contributed by atoms with Gasteiger partial charge in [0.2, 0.25) is 11.6 Å². The number of rotatable bonds is 10. The molecule has 12 nitrogen and oxygen atoms in total. The lowest BCUT2D eigenvalue weighted by Gasteiger charge is -2.29. The number of ether oxygens (including phenoxy) is 2. The van der Waals surface area contributed by atoms with Crippen LogP contribution in [0.3, 0.4) is 0 Å². The third-order valence-electron chi connectivity index (χ3n) is 8.69. The van der Waals surface area contributed by atoms with E-state index in [0.29, 0.717) is 37.4 Å². The third-order valence-corrected chi connectivity index (χ3v) is 8.69. The Kier molecular flexibility index (Phi) is 12.8. The fraction of sp³-hybridized carbons (Fsp3) is 0.500. The molecule has 2 saturated heterocycles. The Morgan fingerprint density at radius 2 is 1.00 bits per heavy atom. The van der Waals surface area contributed by atoms with E-state index in [0.717, 1.165) is 36.8 Å². The van der Waals surface area contributed by atoms with E-state index in [1.807, 2.05) is 27.7 Å². The van der Waals surface area contributed by atoms with Gasteiger partial charge in [0, 0.05) is 49.5 Å². The van der Waals surface area contributed by atoms with Crippen LogP contribution in [0.25, 0.3) is 22.8 Å². The third kappa shape index (κ3) is 10.2. The van der Waals surface area contributed by atoms with Gasteiger partial charge in [-0.25, -0.2) is 0 Å². The highest BCUT2D eigenvalue weighted by atomic mass is 19.4. The molecule has 18 heteroatoms. The highest BCUT2D eigenvalue weighted by molar-refractivity contribution is 5.82. The maximum Gasteiger partial charge on any atom is 0.471 e. The van der Waals surface area contributed by atoms with Gasteiger partial charge in [0.25, 0.3) is 11.8 Å². The monoisotopic (exact) mass is 766 g/mol. The molecular formula is C36H40F6N6O6. The van der Waals surface area contributed by atoms with Crippen molar-refractivity contribution >= 4 is 11.8 Å². The van der Waals surface area contributed by atoms with Gasteiger partial charge in [0.05, 0.1) is 0 Å². The van der Waals surface area contributed by atoms with Crippen LogP contribution in [0.5, 0.6) is 0 Å². The van der Waals surface area contributed by atoms with Crippen LogP contribution < -0.4 is 0 Å². The summed E-state index contributed by atoms with van der Waals surface area (Å²) in [7, 11) is 0. The molecule has 2 fully saturated rings. The van der Waals surface area contributed by atoms with Crippen LogP contribution in [-0.4, -0.2) is 79.4 Å². The Bertz CT molecular complexity index is 1700. The first-order valence-electron chi connectivity index (χ1n) is 17.4. The molecule has 0 bridgehead atoms. The van der Waals surface area contributed by atoms with Crippen molar-refractivity contribution in [1.82, 2.24) is 30.1 Å². The Morgan fingerprint density at radius 1 is 0.648 bits per heavy atom. The molecule has 6 rings (SSSR count). The molecule has 2 aliphatic rings. The van der Waals surface area contributed by atoms with Gasteiger partial charge in [-0.1, -0.05) is 58.8 Å². The molecule has 2 atom stereocenters. The summed E-state index contributed by atoms with van der Waals surface area (Å²) in [5, 5.41) is 6.73. The summed E-state index contributed by atoms with van der Waals surface area (Å²) in [6.45, 7) is 9.69. The molecule has 2 aromatic heterocycles. The molecule has 2 aromatic carbocycles. The minimum absolute atomic E-state index is 0.00655. The zero-order chi connectivity index (χ0) is 39.2. The Balaban J connectivity index is 0.000000208. The van der Waals surface area contributed by atoms with Gasteiger partial charge < -0.3 is 28.3 Å². The number of nitrogens with zero attached hydrogens (tertiary/aromatic N) is 6. The number of carbonyl (C=O) groups is 2. The average Bonchev–Trinajstić information content (AvgIpc) is 3.96. The number of amides is 2. The summed E-state index contributed by atoms with van der Waals surface area (Å²) in [4.78, 5) is 35.5. The van der Waals surface area contributed by atoms with E-state index in [1.54, 1.807) is 58.3 Å². The van der Waals surface area contributed by atoms with Gasteiger partial charge in [0.15, 0.2) is 0 Å². The topological polar surface area (TPSA) is 137 Å². The van der Waals surface area contributed by atoms with Crippen LogP contribution in [0.1, 0.15) is 76.3 Å². The van der Waals surface area contributed by atoms with Crippen molar-refractivity contribution in [3.8, 4) is 22.8 Å². The SMILES string of the molecule is CC(C)N(Cc1ccc(-c2noc(C(F)(F)F)n2)cc1)C(=O)[C@@H]1CCCO1.CC(C)N(Cc1ccc(-c2noc(C(F)(F)F)n2)cc1)C(=O)[C@H]1CCCO1. The number of alkyl halides is 6. The normalized spacial score (nSPS) is 17.5. The van der Waals surface area contributed by atoms with Crippen LogP contribution in [-0.2, 0) is 44.5 Å². The summed E-state index contributed by atoms with van der Waals surface area (Å²) in [5.74, 6) is -3.11. The number of halogens is 6. The lowest BCUT2D eigenvalue weighted by atomic mass is 10.1. The second-order valence-electron chi connectivity index (χ2n) is 13.4. The van der Waals surface area contributed by atoms with Crippen LogP contribution >= 0.6 is 0 Å². The summed E-state index contributed by atoms with van der Waals surface area (Å²) in [6.07, 6.45) is -6.94. The minimum Gasteiger partial charge on any atom is -0.368 e. The maximum atomic E-state index is 12.6. The molecule has 0 saturated carbocycles. The van der Waals surface area contributed by atoms with Gasteiger partial charge in [-0.05, 0) is 64.5 Å². The molecule has 2 aliphatic heterocycles. The van der Waals surface area contributed by atoms with E-state index in [2.05, 4.69) is 29.3 Å². The standard InChI is InChI=1S/2C18H20F3N3O3/c2*1-11(2)24(16(25)14-4-3-9-26-14)10-12-5-7-13(8-6-12)15-22-17(27-23-15)18(19,20)21/h2*5-8,11,14H,3-4,9-10H2,1-2H3/t2*14-/m10/s1. The van der Waals surface area contributed by atoms with Crippen molar-refractivity contribution in [3.05, 3.63) is 71.4 Å². The van der Waals surface area contributed by atoms with E-state index in [-0.39, 0.29) is 35.5 Å². The molecule has 0 aliphatic carbocycles. The highest BCUT2D eigenvalue weighted by Gasteiger charge is 2.39. The summed E-state index contributed by atoms with van der Waals surface area (Å²) >= 11 is 0. The largest absolute Gasteiger partial charge is 0.471 e. The number of hydrogen-bond acceptors (Lipinski definition) is 10. The second kappa shape index (κ2) is 17.1. The van der Waals surface area contributed by atoms with Gasteiger partial charge in [-0.15, -0.1) is 0 Å². The predicted molar refractivity (Wildman–Crippen MR) is 179 cm³/mol. The first kappa shape index (κ1) is 40.3. The molecule has 4 aromatic rings. The first-order valence-corrected chi connectivity index (χ1v) is 17.4. The quantitative estimate of drug-likeness (QED) is 0.151. The minimum atomic E-state index is -4.67. The van der Waals surface area contributed by atoms with Gasteiger partial charge in [-0.3, -0.25) is 9.59 Å². The molecule has 0 N–H and O–H groups in total. The van der Waals surface area contributed by atoms with Crippen molar-refractivity contribution < 1.29 is 54.5 Å². The van der Waals surface area contributed by atoms with Gasteiger partial charge in [-0.2, -0.15) is 36.3 Å². The van der Waals surface area contributed by atoms with Crippen molar-refractivity contribution in [1.29, 1.82) is 0 Å². The molecule has 2 amide bonds. The highest BCUT2D eigenvalue weighted by Crippen LogP contribution is 2.31. The zero-order valence-corrected chi connectivity index (χ0v) is 30.0. The van der Waals surface area contributed by atoms with Gasteiger partial charge in [0.1, 0.15) is 12.2 Å². The molecule has 0 radical (unpaired) electrons. The number of aromatic nitrogens is 4.